The lowest BCUT2D eigenvalue weighted by Gasteiger charge is -2.09. The van der Waals surface area contributed by atoms with Crippen LogP contribution < -0.4 is 0 Å². The van der Waals surface area contributed by atoms with Gasteiger partial charge in [0, 0.05) is 14.9 Å². The summed E-state index contributed by atoms with van der Waals surface area (Å²) in [4.78, 5) is 0.724. The van der Waals surface area contributed by atoms with Gasteiger partial charge in [-0.3, -0.25) is 0 Å². The van der Waals surface area contributed by atoms with E-state index in [4.69, 9.17) is 23.2 Å². The third kappa shape index (κ3) is 4.87. The molecule has 0 aliphatic carbocycles. The van der Waals surface area contributed by atoms with Crippen molar-refractivity contribution in [1.82, 2.24) is 0 Å². The monoisotopic (exact) mass is 436 g/mol. The molecule has 0 bridgehead atoms. The molecule has 3 aromatic carbocycles. The molecule has 27 heavy (non-hydrogen) atoms. The molecule has 0 spiro atoms. The fraction of sp³-hybridized carbons (Fsp3) is 0. The number of hydrogen-bond donors (Lipinski definition) is 0. The van der Waals surface area contributed by atoms with Crippen molar-refractivity contribution < 1.29 is 12.6 Å². The quantitative estimate of drug-likeness (QED) is 0.524. The van der Waals surface area contributed by atoms with Crippen molar-refractivity contribution >= 4 is 48.7 Å². The molecule has 7 heteroatoms. The lowest BCUT2D eigenvalue weighted by molar-refractivity contribution is 0.604. The molecule has 0 aromatic heterocycles. The zero-order valence-corrected chi connectivity index (χ0v) is 17.0. The summed E-state index contributed by atoms with van der Waals surface area (Å²) in [5.74, 6) is 0. The molecule has 0 aliphatic rings. The van der Waals surface area contributed by atoms with Gasteiger partial charge in [0.05, 0.1) is 26.0 Å². The number of rotatable bonds is 5. The molecule has 0 amide bonds. The smallest absolute Gasteiger partial charge is 0.201 e. The highest BCUT2D eigenvalue weighted by molar-refractivity contribution is 7.99. The molecule has 138 valence electrons. The maximum Gasteiger partial charge on any atom is 0.201 e. The minimum Gasteiger partial charge on any atom is -0.249 e. The highest BCUT2D eigenvalue weighted by atomic mass is 35.5. The molecular formula is C20H14Cl2O3S2. The second-order valence-electron chi connectivity index (χ2n) is 5.57. The van der Waals surface area contributed by atoms with E-state index in [1.54, 1.807) is 54.6 Å². The van der Waals surface area contributed by atoms with Crippen molar-refractivity contribution in [2.45, 2.75) is 9.79 Å². The summed E-state index contributed by atoms with van der Waals surface area (Å²) in [6.07, 6.45) is 0. The lowest BCUT2D eigenvalue weighted by atomic mass is 10.2. The molecule has 1 unspecified atom stereocenters. The van der Waals surface area contributed by atoms with E-state index in [1.165, 1.54) is 24.3 Å². The van der Waals surface area contributed by atoms with Crippen LogP contribution in [0.25, 0.3) is 4.91 Å². The SMILES string of the molecule is O=S(/C(=C/S(=O)(=O)c1ccc(Cl)cc1)c1ccccc1)c1ccc(Cl)cc1. The van der Waals surface area contributed by atoms with Crippen LogP contribution in [0.3, 0.4) is 0 Å². The van der Waals surface area contributed by atoms with E-state index in [0.29, 0.717) is 20.5 Å². The summed E-state index contributed by atoms with van der Waals surface area (Å²) in [7, 11) is -5.53. The standard InChI is InChI=1S/C20H14Cl2O3S2/c21-16-6-10-18(11-7-16)26(23)20(15-4-2-1-3-5-15)14-27(24,25)19-12-8-17(22)9-13-19/h1-14H/b20-14+. The van der Waals surface area contributed by atoms with Crippen molar-refractivity contribution in [2.75, 3.05) is 0 Å². The third-order valence-corrected chi connectivity index (χ3v) is 7.27. The van der Waals surface area contributed by atoms with Crippen LogP contribution in [0, 0.1) is 0 Å². The lowest BCUT2D eigenvalue weighted by Crippen LogP contribution is -2.02. The summed E-state index contributed by atoms with van der Waals surface area (Å²) < 4.78 is 38.8. The molecule has 3 aromatic rings. The normalized spacial score (nSPS) is 13.3. The first-order chi connectivity index (χ1) is 12.9. The zero-order valence-electron chi connectivity index (χ0n) is 13.9. The van der Waals surface area contributed by atoms with Crippen LogP contribution in [0.15, 0.2) is 94.1 Å². The van der Waals surface area contributed by atoms with Crippen molar-refractivity contribution in [3.05, 3.63) is 99.9 Å². The summed E-state index contributed by atoms with van der Waals surface area (Å²) >= 11 is 11.7. The van der Waals surface area contributed by atoms with Crippen molar-refractivity contribution in [1.29, 1.82) is 0 Å². The van der Waals surface area contributed by atoms with Gasteiger partial charge in [-0.1, -0.05) is 53.5 Å². The van der Waals surface area contributed by atoms with E-state index >= 15 is 0 Å². The van der Waals surface area contributed by atoms with Crippen LogP contribution in [0.5, 0.6) is 0 Å². The molecule has 0 aliphatic heterocycles. The van der Waals surface area contributed by atoms with Crippen LogP contribution in [0.2, 0.25) is 10.0 Å². The van der Waals surface area contributed by atoms with Crippen LogP contribution in [0.1, 0.15) is 5.56 Å². The Kier molecular flexibility index (Phi) is 6.17. The summed E-state index contributed by atoms with van der Waals surface area (Å²) in [6, 6.07) is 21.1. The van der Waals surface area contributed by atoms with Crippen molar-refractivity contribution in [2.24, 2.45) is 0 Å². The summed E-state index contributed by atoms with van der Waals surface area (Å²) in [6.45, 7) is 0. The number of benzene rings is 3. The first-order valence-electron chi connectivity index (χ1n) is 7.82. The minimum absolute atomic E-state index is 0.0773. The molecule has 0 N–H and O–H groups in total. The Hall–Kier alpha value is -1.92. The van der Waals surface area contributed by atoms with Gasteiger partial charge >= 0.3 is 0 Å². The second kappa shape index (κ2) is 8.40. The Balaban J connectivity index is 2.12. The molecule has 3 rings (SSSR count). The highest BCUT2D eigenvalue weighted by Gasteiger charge is 2.19. The van der Waals surface area contributed by atoms with Gasteiger partial charge in [-0.15, -0.1) is 0 Å². The number of halogens is 2. The Labute approximate surface area is 170 Å². The highest BCUT2D eigenvalue weighted by Crippen LogP contribution is 2.28. The average molecular weight is 437 g/mol. The fourth-order valence-corrected chi connectivity index (χ4v) is 5.38. The van der Waals surface area contributed by atoms with Crippen molar-refractivity contribution in [3.63, 3.8) is 0 Å². The molecule has 1 atom stereocenters. The van der Waals surface area contributed by atoms with Gasteiger partial charge in [0.25, 0.3) is 0 Å². The number of sulfone groups is 1. The van der Waals surface area contributed by atoms with Crippen LogP contribution in [-0.4, -0.2) is 12.6 Å². The van der Waals surface area contributed by atoms with Gasteiger partial charge in [-0.05, 0) is 54.1 Å². The molecule has 0 saturated carbocycles. The fourth-order valence-electron chi connectivity index (χ4n) is 2.34. The van der Waals surface area contributed by atoms with E-state index in [0.717, 1.165) is 5.41 Å². The van der Waals surface area contributed by atoms with Gasteiger partial charge < -0.3 is 0 Å². The van der Waals surface area contributed by atoms with Crippen LogP contribution in [0.4, 0.5) is 0 Å². The molecule has 0 saturated heterocycles. The molecule has 0 heterocycles. The first kappa shape index (κ1) is 19.8. The second-order valence-corrected chi connectivity index (χ2v) is 9.69. The van der Waals surface area contributed by atoms with Gasteiger partial charge in [-0.2, -0.15) is 0 Å². The molecule has 3 nitrogen and oxygen atoms in total. The van der Waals surface area contributed by atoms with Crippen LogP contribution >= 0.6 is 23.2 Å². The maximum atomic E-state index is 13.1. The largest absolute Gasteiger partial charge is 0.249 e. The Morgan fingerprint density at radius 3 is 1.85 bits per heavy atom. The summed E-state index contributed by atoms with van der Waals surface area (Å²) in [5.41, 5.74) is 0.559. The van der Waals surface area contributed by atoms with Crippen LogP contribution in [-0.2, 0) is 20.6 Å². The zero-order chi connectivity index (χ0) is 19.4. The average Bonchev–Trinajstić information content (AvgIpc) is 2.67. The van der Waals surface area contributed by atoms with Gasteiger partial charge in [0.2, 0.25) is 9.84 Å². The van der Waals surface area contributed by atoms with Crippen molar-refractivity contribution in [3.8, 4) is 0 Å². The molecule has 0 radical (unpaired) electrons. The van der Waals surface area contributed by atoms with E-state index in [2.05, 4.69) is 0 Å². The third-order valence-electron chi connectivity index (χ3n) is 3.69. The topological polar surface area (TPSA) is 51.2 Å². The molecule has 0 fully saturated rings. The van der Waals surface area contributed by atoms with E-state index in [1.807, 2.05) is 0 Å². The minimum atomic E-state index is -3.83. The van der Waals surface area contributed by atoms with E-state index < -0.39 is 20.6 Å². The van der Waals surface area contributed by atoms with E-state index in [-0.39, 0.29) is 9.80 Å². The predicted octanol–water partition coefficient (Wildman–Crippen LogP) is 5.57. The van der Waals surface area contributed by atoms with Gasteiger partial charge in [-0.25, -0.2) is 12.6 Å². The Morgan fingerprint density at radius 1 is 0.778 bits per heavy atom. The molecular weight excluding hydrogens is 423 g/mol. The Bertz CT molecular complexity index is 1090. The Morgan fingerprint density at radius 2 is 1.30 bits per heavy atom. The number of hydrogen-bond acceptors (Lipinski definition) is 3. The maximum absolute atomic E-state index is 13.1. The van der Waals surface area contributed by atoms with Gasteiger partial charge in [0.1, 0.15) is 0 Å². The summed E-state index contributed by atoms with van der Waals surface area (Å²) in [5, 5.41) is 2.00. The first-order valence-corrected chi connectivity index (χ1v) is 11.3. The van der Waals surface area contributed by atoms with E-state index in [9.17, 15) is 12.6 Å². The van der Waals surface area contributed by atoms with Gasteiger partial charge in [0.15, 0.2) is 0 Å². The predicted molar refractivity (Wildman–Crippen MR) is 111 cm³/mol.